The summed E-state index contributed by atoms with van der Waals surface area (Å²) in [5.74, 6) is 1.56. The third kappa shape index (κ3) is 5.51. The number of likely N-dealkylation sites (tertiary alicyclic amines) is 1. The van der Waals surface area contributed by atoms with E-state index >= 15 is 0 Å². The molecule has 2 fully saturated rings. The fourth-order valence-electron chi connectivity index (χ4n) is 3.85. The Hall–Kier alpha value is -1.53. The van der Waals surface area contributed by atoms with Crippen molar-refractivity contribution in [1.82, 2.24) is 14.7 Å². The Morgan fingerprint density at radius 3 is 2.14 bits per heavy atom. The zero-order valence-corrected chi connectivity index (χ0v) is 18.2. The van der Waals surface area contributed by atoms with E-state index in [-0.39, 0.29) is 11.8 Å². The molecule has 0 bridgehead atoms. The van der Waals surface area contributed by atoms with E-state index in [1.54, 1.807) is 11.8 Å². The lowest BCUT2D eigenvalue weighted by Crippen LogP contribution is -2.51. The number of hydrogen-bond acceptors (Lipinski definition) is 4. The average molecular weight is 404 g/mol. The number of amides is 2. The largest absolute Gasteiger partial charge is 0.342 e. The molecule has 0 spiro atoms. The van der Waals surface area contributed by atoms with Crippen LogP contribution in [0.4, 0.5) is 0 Å². The molecule has 28 heavy (non-hydrogen) atoms. The molecule has 0 saturated carbocycles. The van der Waals surface area contributed by atoms with Crippen LogP contribution in [0.25, 0.3) is 0 Å². The normalized spacial score (nSPS) is 19.3. The van der Waals surface area contributed by atoms with Crippen LogP contribution in [0.2, 0.25) is 0 Å². The Morgan fingerprint density at radius 1 is 0.964 bits per heavy atom. The molecule has 1 aromatic carbocycles. The minimum absolute atomic E-state index is 0.0867. The molecule has 2 aliphatic rings. The number of hydrogen-bond donors (Lipinski definition) is 0. The van der Waals surface area contributed by atoms with Crippen molar-refractivity contribution in [1.29, 1.82) is 0 Å². The van der Waals surface area contributed by atoms with Gasteiger partial charge in [0.1, 0.15) is 0 Å². The van der Waals surface area contributed by atoms with Crippen molar-refractivity contribution in [3.8, 4) is 0 Å². The minimum atomic E-state index is 0.0867. The summed E-state index contributed by atoms with van der Waals surface area (Å²) in [6.45, 7) is 9.36. The molecule has 0 radical (unpaired) electrons. The Kier molecular flexibility index (Phi) is 7.41. The Morgan fingerprint density at radius 2 is 1.57 bits per heavy atom. The van der Waals surface area contributed by atoms with Crippen LogP contribution in [-0.2, 0) is 9.59 Å². The van der Waals surface area contributed by atoms with Gasteiger partial charge in [0.05, 0.1) is 5.75 Å². The molecule has 0 aliphatic carbocycles. The van der Waals surface area contributed by atoms with Crippen molar-refractivity contribution >= 4 is 23.6 Å². The average Bonchev–Trinajstić information content (AvgIpc) is 2.72. The van der Waals surface area contributed by atoms with E-state index in [0.29, 0.717) is 30.7 Å². The predicted molar refractivity (Wildman–Crippen MR) is 115 cm³/mol. The van der Waals surface area contributed by atoms with Crippen LogP contribution in [0.15, 0.2) is 29.2 Å². The Bertz CT molecular complexity index is 661. The van der Waals surface area contributed by atoms with Crippen LogP contribution in [0.3, 0.4) is 0 Å². The second-order valence-corrected chi connectivity index (χ2v) is 9.34. The molecule has 2 heterocycles. The van der Waals surface area contributed by atoms with Gasteiger partial charge in [-0.1, -0.05) is 26.0 Å². The van der Waals surface area contributed by atoms with Crippen LogP contribution in [0.1, 0.15) is 38.2 Å². The van der Waals surface area contributed by atoms with Gasteiger partial charge in [-0.2, -0.15) is 0 Å². The first-order chi connectivity index (χ1) is 13.4. The Balaban J connectivity index is 1.41. The number of piperidine rings is 1. The molecule has 5 nitrogen and oxygen atoms in total. The lowest BCUT2D eigenvalue weighted by Gasteiger charge is -2.37. The number of rotatable bonds is 5. The number of carbonyl (C=O) groups excluding carboxylic acids is 2. The zero-order valence-electron chi connectivity index (χ0n) is 17.4. The lowest BCUT2D eigenvalue weighted by atomic mass is 9.95. The standard InChI is InChI=1S/C22H33N3O2S/c1-17(2)18-4-6-20(7-5-18)28-16-21(26)24-10-8-19(9-11-24)22(27)25-14-12-23(3)13-15-25/h4-7,17,19H,8-16H2,1-3H3. The second kappa shape index (κ2) is 9.79. The lowest BCUT2D eigenvalue weighted by molar-refractivity contribution is -0.141. The summed E-state index contributed by atoms with van der Waals surface area (Å²) in [5, 5.41) is 0. The third-order valence-electron chi connectivity index (χ3n) is 5.92. The minimum Gasteiger partial charge on any atom is -0.342 e. The van der Waals surface area contributed by atoms with E-state index in [9.17, 15) is 9.59 Å². The molecule has 154 valence electrons. The van der Waals surface area contributed by atoms with Crippen molar-refractivity contribution < 1.29 is 9.59 Å². The molecule has 2 saturated heterocycles. The molecule has 0 unspecified atom stereocenters. The highest BCUT2D eigenvalue weighted by Crippen LogP contribution is 2.24. The molecule has 1 aromatic rings. The maximum absolute atomic E-state index is 12.7. The molecule has 2 amide bonds. The molecule has 2 aliphatic heterocycles. The first-order valence-electron chi connectivity index (χ1n) is 10.4. The van der Waals surface area contributed by atoms with Gasteiger partial charge in [0, 0.05) is 50.1 Å². The predicted octanol–water partition coefficient (Wildman–Crippen LogP) is 2.91. The van der Waals surface area contributed by atoms with Crippen molar-refractivity contribution in [2.24, 2.45) is 5.92 Å². The molecule has 0 atom stereocenters. The van der Waals surface area contributed by atoms with Crippen molar-refractivity contribution in [3.05, 3.63) is 29.8 Å². The van der Waals surface area contributed by atoms with E-state index in [4.69, 9.17) is 0 Å². The second-order valence-electron chi connectivity index (χ2n) is 8.30. The van der Waals surface area contributed by atoms with E-state index < -0.39 is 0 Å². The summed E-state index contributed by atoms with van der Waals surface area (Å²) in [7, 11) is 2.10. The SMILES string of the molecule is CC(C)c1ccc(SCC(=O)N2CCC(C(=O)N3CCN(C)CC3)CC2)cc1. The molecular weight excluding hydrogens is 370 g/mol. The first-order valence-corrected chi connectivity index (χ1v) is 11.4. The van der Waals surface area contributed by atoms with Gasteiger partial charge in [0.25, 0.3) is 0 Å². The van der Waals surface area contributed by atoms with Gasteiger partial charge in [-0.05, 0) is 43.5 Å². The summed E-state index contributed by atoms with van der Waals surface area (Å²) in [6.07, 6.45) is 1.59. The highest BCUT2D eigenvalue weighted by molar-refractivity contribution is 8.00. The van der Waals surface area contributed by atoms with Gasteiger partial charge in [-0.15, -0.1) is 11.8 Å². The number of piperazine rings is 1. The van der Waals surface area contributed by atoms with Gasteiger partial charge in [-0.25, -0.2) is 0 Å². The van der Waals surface area contributed by atoms with Gasteiger partial charge < -0.3 is 14.7 Å². The maximum atomic E-state index is 12.7. The summed E-state index contributed by atoms with van der Waals surface area (Å²) < 4.78 is 0. The monoisotopic (exact) mass is 403 g/mol. The fourth-order valence-corrected chi connectivity index (χ4v) is 4.65. The summed E-state index contributed by atoms with van der Waals surface area (Å²) in [6, 6.07) is 8.50. The topological polar surface area (TPSA) is 43.9 Å². The van der Waals surface area contributed by atoms with E-state index in [0.717, 1.165) is 43.9 Å². The van der Waals surface area contributed by atoms with Crippen LogP contribution in [0, 0.1) is 5.92 Å². The van der Waals surface area contributed by atoms with Crippen LogP contribution < -0.4 is 0 Å². The number of nitrogens with zero attached hydrogens (tertiary/aromatic N) is 3. The highest BCUT2D eigenvalue weighted by Gasteiger charge is 2.31. The van der Waals surface area contributed by atoms with Gasteiger partial charge in [-0.3, -0.25) is 9.59 Å². The van der Waals surface area contributed by atoms with Gasteiger partial charge in [0.2, 0.25) is 11.8 Å². The molecular formula is C22H33N3O2S. The Labute approximate surface area is 173 Å². The van der Waals surface area contributed by atoms with E-state index in [2.05, 4.69) is 50.1 Å². The molecule has 6 heteroatoms. The maximum Gasteiger partial charge on any atom is 0.232 e. The zero-order chi connectivity index (χ0) is 20.1. The summed E-state index contributed by atoms with van der Waals surface area (Å²) in [5.41, 5.74) is 1.32. The van der Waals surface area contributed by atoms with Crippen molar-refractivity contribution in [3.63, 3.8) is 0 Å². The van der Waals surface area contributed by atoms with E-state index in [1.165, 1.54) is 5.56 Å². The fraction of sp³-hybridized carbons (Fsp3) is 0.636. The van der Waals surface area contributed by atoms with Crippen molar-refractivity contribution in [2.75, 3.05) is 52.1 Å². The van der Waals surface area contributed by atoms with Gasteiger partial charge in [0.15, 0.2) is 0 Å². The highest BCUT2D eigenvalue weighted by atomic mass is 32.2. The molecule has 0 aromatic heterocycles. The number of thioether (sulfide) groups is 1. The summed E-state index contributed by atoms with van der Waals surface area (Å²) >= 11 is 1.60. The number of benzene rings is 1. The molecule has 3 rings (SSSR count). The number of likely N-dealkylation sites (N-methyl/N-ethyl adjacent to an activating group) is 1. The summed E-state index contributed by atoms with van der Waals surface area (Å²) in [4.78, 5) is 32.6. The molecule has 0 N–H and O–H groups in total. The number of carbonyl (C=O) groups is 2. The van der Waals surface area contributed by atoms with Crippen LogP contribution in [-0.4, -0.2) is 78.6 Å². The smallest absolute Gasteiger partial charge is 0.232 e. The first kappa shape index (κ1) is 21.2. The van der Waals surface area contributed by atoms with Crippen LogP contribution >= 0.6 is 11.8 Å². The van der Waals surface area contributed by atoms with Crippen LogP contribution in [0.5, 0.6) is 0 Å². The van der Waals surface area contributed by atoms with E-state index in [1.807, 2.05) is 9.80 Å². The van der Waals surface area contributed by atoms with Crippen molar-refractivity contribution in [2.45, 2.75) is 37.5 Å². The quantitative estimate of drug-likeness (QED) is 0.709. The third-order valence-corrected chi connectivity index (χ3v) is 6.92. The van der Waals surface area contributed by atoms with Gasteiger partial charge >= 0.3 is 0 Å².